The van der Waals surface area contributed by atoms with Crippen LogP contribution in [0.1, 0.15) is 0 Å². The van der Waals surface area contributed by atoms with E-state index in [4.69, 9.17) is 0 Å². The van der Waals surface area contributed by atoms with E-state index < -0.39 is 50.7 Å². The fourth-order valence-electron chi connectivity index (χ4n) is 6.65. The predicted octanol–water partition coefficient (Wildman–Crippen LogP) is 6.89. The Balaban J connectivity index is 3.72. The van der Waals surface area contributed by atoms with Crippen LogP contribution in [-0.4, -0.2) is 50.7 Å². The Bertz CT molecular complexity index is 407. The van der Waals surface area contributed by atoms with Crippen LogP contribution in [0.25, 0.3) is 0 Å². The first kappa shape index (κ1) is 22.2. The zero-order valence-corrected chi connectivity index (χ0v) is 24.8. The summed E-state index contributed by atoms with van der Waals surface area (Å²) in [5.41, 5.74) is 0. The Kier molecular flexibility index (Phi) is 6.47. The third kappa shape index (κ3) is 4.86. The van der Waals surface area contributed by atoms with Crippen molar-refractivity contribution in [3.63, 3.8) is 0 Å². The average molecular weight is 490 g/mol. The van der Waals surface area contributed by atoms with E-state index in [-0.39, 0.29) is 0 Å². The van der Waals surface area contributed by atoms with Crippen LogP contribution in [0.15, 0.2) is 20.3 Å². The van der Waals surface area contributed by atoms with Crippen LogP contribution in [-0.2, 0) is 0 Å². The number of allylic oxidation sites excluding steroid dienone is 2. The van der Waals surface area contributed by atoms with E-state index in [2.05, 4.69) is 98.9 Å². The molecule has 0 fully saturated rings. The van der Waals surface area contributed by atoms with E-state index in [9.17, 15) is 0 Å². The van der Waals surface area contributed by atoms with Crippen molar-refractivity contribution < 1.29 is 0 Å². The van der Waals surface area contributed by atoms with Crippen LogP contribution >= 0.6 is 0 Å². The van der Waals surface area contributed by atoms with Crippen molar-refractivity contribution in [1.82, 2.24) is 0 Å². The Morgan fingerprint density at radius 1 is 0.478 bits per heavy atom. The first-order valence-corrected chi connectivity index (χ1v) is 30.2. The van der Waals surface area contributed by atoms with Crippen LogP contribution < -0.4 is 0 Å². The molecule has 0 aromatic carbocycles. The first-order valence-electron chi connectivity index (χ1n) is 9.31. The normalized spacial score (nSPS) is 19.2. The molecular formula is C18H42Si4Sn. The third-order valence-electron chi connectivity index (χ3n) is 5.35. The Hall–Kier alpha value is 1.15. The molecule has 0 saturated carbocycles. The number of rotatable bonds is 6. The summed E-state index contributed by atoms with van der Waals surface area (Å²) in [6.07, 6.45) is 4.94. The zero-order chi connectivity index (χ0) is 18.5. The van der Waals surface area contributed by atoms with Crippen LogP contribution in [0.4, 0.5) is 0 Å². The average Bonchev–Trinajstić information content (AvgIpc) is 2.55. The molecular weight excluding hydrogens is 447 g/mol. The van der Waals surface area contributed by atoms with Crippen LogP contribution in [0.5, 0.6) is 0 Å². The molecule has 134 valence electrons. The van der Waals surface area contributed by atoms with Crippen molar-refractivity contribution in [2.75, 3.05) is 0 Å². The molecule has 0 spiro atoms. The summed E-state index contributed by atoms with van der Waals surface area (Å²) in [4.78, 5) is 0. The van der Waals surface area contributed by atoms with Crippen molar-refractivity contribution in [2.45, 2.75) is 84.9 Å². The van der Waals surface area contributed by atoms with Gasteiger partial charge in [0.25, 0.3) is 0 Å². The number of hydrogen-bond donors (Lipinski definition) is 0. The Labute approximate surface area is 155 Å². The zero-order valence-electron chi connectivity index (χ0n) is 18.0. The molecule has 1 rings (SSSR count). The molecule has 0 bridgehead atoms. The van der Waals surface area contributed by atoms with Crippen molar-refractivity contribution in [3.8, 4) is 0 Å². The van der Waals surface area contributed by atoms with Gasteiger partial charge < -0.3 is 0 Å². The summed E-state index contributed by atoms with van der Waals surface area (Å²) < 4.78 is 8.00. The monoisotopic (exact) mass is 490 g/mol. The summed E-state index contributed by atoms with van der Waals surface area (Å²) in [5.74, 6) is 0. The third-order valence-corrected chi connectivity index (χ3v) is 75.8. The molecule has 0 aliphatic carbocycles. The van der Waals surface area contributed by atoms with Gasteiger partial charge in [0.1, 0.15) is 0 Å². The molecule has 1 aliphatic rings. The second kappa shape index (κ2) is 6.71. The molecule has 23 heavy (non-hydrogen) atoms. The van der Waals surface area contributed by atoms with Crippen LogP contribution in [0, 0.1) is 0 Å². The molecule has 0 nitrogen and oxygen atoms in total. The van der Waals surface area contributed by atoms with Gasteiger partial charge in [-0.15, -0.1) is 0 Å². The van der Waals surface area contributed by atoms with Crippen molar-refractivity contribution >= 4 is 50.7 Å². The van der Waals surface area contributed by atoms with Crippen molar-refractivity contribution in [2.24, 2.45) is 0 Å². The standard InChI is InChI=1S/2C7H19Si2.C4H4.Sn/c2*1-8(2,3)7-9(4,5)6;1-3-4-2;/h2*7H,1-6H3;1-4H;. The van der Waals surface area contributed by atoms with Gasteiger partial charge >= 0.3 is 156 Å². The van der Waals surface area contributed by atoms with Gasteiger partial charge in [-0.3, -0.25) is 0 Å². The van der Waals surface area contributed by atoms with Gasteiger partial charge in [0.2, 0.25) is 0 Å². The topological polar surface area (TPSA) is 0 Å². The van der Waals surface area contributed by atoms with Gasteiger partial charge in [0.05, 0.1) is 0 Å². The molecule has 0 atom stereocenters. The van der Waals surface area contributed by atoms with Gasteiger partial charge in [0.15, 0.2) is 0 Å². The fourth-order valence-corrected chi connectivity index (χ4v) is 105. The van der Waals surface area contributed by atoms with Crippen molar-refractivity contribution in [1.29, 1.82) is 0 Å². The molecule has 0 aromatic heterocycles. The maximum absolute atomic E-state index is 2.87. The molecule has 1 heterocycles. The van der Waals surface area contributed by atoms with E-state index >= 15 is 0 Å². The molecule has 0 amide bonds. The molecule has 0 unspecified atom stereocenters. The SMILES string of the molecule is C[Si](C)(C)[CH]([Si](C)(C)C)[Sn]1([CH]([Si](C)(C)C)[Si](C)(C)C)[CH]=CC=[CH]1. The van der Waals surface area contributed by atoms with Gasteiger partial charge in [-0.2, -0.15) is 0 Å². The molecule has 1 aliphatic heterocycles. The molecule has 0 aromatic rings. The van der Waals surface area contributed by atoms with Crippen LogP contribution in [0.2, 0.25) is 84.9 Å². The van der Waals surface area contributed by atoms with E-state index in [1.54, 1.807) is 0 Å². The Morgan fingerprint density at radius 3 is 0.870 bits per heavy atom. The molecule has 0 N–H and O–H groups in total. The molecule has 5 heteroatoms. The summed E-state index contributed by atoms with van der Waals surface area (Å²) in [6.45, 7) is 32.2. The fraction of sp³-hybridized carbons (Fsp3) is 0.778. The first-order chi connectivity index (χ1) is 9.94. The number of hydrogen-bond acceptors (Lipinski definition) is 0. The second-order valence-electron chi connectivity index (χ2n) is 12.0. The van der Waals surface area contributed by atoms with E-state index in [0.717, 1.165) is 6.36 Å². The minimum atomic E-state index is -2.52. The van der Waals surface area contributed by atoms with E-state index in [0.29, 0.717) is 0 Å². The summed E-state index contributed by atoms with van der Waals surface area (Å²) in [7, 11) is -4.73. The van der Waals surface area contributed by atoms with Gasteiger partial charge in [-0.25, -0.2) is 0 Å². The van der Waals surface area contributed by atoms with E-state index in [1.807, 2.05) is 0 Å². The second-order valence-corrected chi connectivity index (χ2v) is 51.9. The summed E-state index contributed by atoms with van der Waals surface area (Å²) >= 11 is -2.52. The Morgan fingerprint density at radius 2 is 0.696 bits per heavy atom. The quantitative estimate of drug-likeness (QED) is 0.357. The van der Waals surface area contributed by atoms with Gasteiger partial charge in [0, 0.05) is 0 Å². The van der Waals surface area contributed by atoms with Gasteiger partial charge in [-0.05, 0) is 0 Å². The summed E-state index contributed by atoms with van der Waals surface area (Å²) in [6, 6.07) is 0. The molecule has 0 saturated heterocycles. The molecule has 0 radical (unpaired) electrons. The summed E-state index contributed by atoms with van der Waals surface area (Å²) in [5, 5.41) is 0. The maximum atomic E-state index is 2.87. The van der Waals surface area contributed by atoms with Crippen LogP contribution in [0.3, 0.4) is 0 Å². The van der Waals surface area contributed by atoms with Gasteiger partial charge in [-0.1, -0.05) is 0 Å². The van der Waals surface area contributed by atoms with E-state index in [1.165, 1.54) is 0 Å². The van der Waals surface area contributed by atoms with Crippen molar-refractivity contribution in [3.05, 3.63) is 20.3 Å². The predicted molar refractivity (Wildman–Crippen MR) is 125 cm³/mol. The minimum absolute atomic E-state index is 1.13.